The van der Waals surface area contributed by atoms with E-state index in [1.54, 1.807) is 11.0 Å². The van der Waals surface area contributed by atoms with Crippen molar-refractivity contribution in [2.75, 3.05) is 11.4 Å². The summed E-state index contributed by atoms with van der Waals surface area (Å²) in [6.07, 6.45) is 0.852. The van der Waals surface area contributed by atoms with Gasteiger partial charge in [-0.25, -0.2) is 0 Å². The number of rotatable bonds is 0. The number of hydrogen-bond donors (Lipinski definition) is 0. The van der Waals surface area contributed by atoms with Crippen LogP contribution in [0.2, 0.25) is 0 Å². The molecule has 1 heterocycles. The van der Waals surface area contributed by atoms with Crippen LogP contribution in [0.25, 0.3) is 0 Å². The number of hydrogen-bond acceptors (Lipinski definition) is 2. The predicted octanol–water partition coefficient (Wildman–Crippen LogP) is 1.47. The molecule has 0 atom stereocenters. The first-order valence-corrected chi connectivity index (χ1v) is 4.54. The van der Waals surface area contributed by atoms with Crippen LogP contribution < -0.4 is 4.90 Å². The van der Waals surface area contributed by atoms with Gasteiger partial charge in [0.15, 0.2) is 0 Å². The van der Waals surface area contributed by atoms with Gasteiger partial charge in [0.05, 0.1) is 11.3 Å². The van der Waals surface area contributed by atoms with E-state index in [0.717, 1.165) is 17.7 Å². The molecule has 0 fully saturated rings. The molecule has 1 aromatic carbocycles. The van der Waals surface area contributed by atoms with Crippen molar-refractivity contribution >= 4 is 11.6 Å². The summed E-state index contributed by atoms with van der Waals surface area (Å²) in [6.45, 7) is 2.23. The predicted molar refractivity (Wildman–Crippen MR) is 52.9 cm³/mol. The Morgan fingerprint density at radius 3 is 3.00 bits per heavy atom. The Balaban J connectivity index is 2.57. The number of fused-ring (bicyclic) bond motifs is 1. The Kier molecular flexibility index (Phi) is 1.97. The number of amides is 1. The lowest BCUT2D eigenvalue weighted by Gasteiger charge is -2.15. The maximum absolute atomic E-state index is 11.3. The Morgan fingerprint density at radius 2 is 2.36 bits per heavy atom. The van der Waals surface area contributed by atoms with Gasteiger partial charge in [0.2, 0.25) is 5.91 Å². The van der Waals surface area contributed by atoms with Crippen molar-refractivity contribution in [2.45, 2.75) is 13.3 Å². The molecule has 0 aromatic heterocycles. The number of anilines is 1. The third-order valence-electron chi connectivity index (χ3n) is 2.49. The van der Waals surface area contributed by atoms with E-state index in [1.165, 1.54) is 6.92 Å². The first kappa shape index (κ1) is 8.76. The molecule has 1 amide bonds. The number of carbonyl (C=O) groups is 1. The second-order valence-corrected chi connectivity index (χ2v) is 3.35. The zero-order chi connectivity index (χ0) is 10.1. The van der Waals surface area contributed by atoms with Crippen LogP contribution in [0.15, 0.2) is 18.2 Å². The minimum atomic E-state index is 0.00597. The summed E-state index contributed by atoms with van der Waals surface area (Å²) in [6, 6.07) is 7.70. The van der Waals surface area contributed by atoms with E-state index < -0.39 is 0 Å². The molecule has 0 saturated carbocycles. The average molecular weight is 186 g/mol. The van der Waals surface area contributed by atoms with Gasteiger partial charge in [0.25, 0.3) is 0 Å². The Hall–Kier alpha value is -1.82. The lowest BCUT2D eigenvalue weighted by molar-refractivity contribution is -0.116. The van der Waals surface area contributed by atoms with E-state index in [1.807, 2.05) is 12.1 Å². The van der Waals surface area contributed by atoms with Gasteiger partial charge >= 0.3 is 0 Å². The maximum Gasteiger partial charge on any atom is 0.223 e. The molecule has 70 valence electrons. The number of benzene rings is 1. The fourth-order valence-corrected chi connectivity index (χ4v) is 1.86. The topological polar surface area (TPSA) is 44.1 Å². The molecule has 1 aromatic rings. The van der Waals surface area contributed by atoms with Crippen molar-refractivity contribution in [3.8, 4) is 6.07 Å². The van der Waals surface area contributed by atoms with Gasteiger partial charge in [0, 0.05) is 13.5 Å². The maximum atomic E-state index is 11.3. The zero-order valence-corrected chi connectivity index (χ0v) is 7.95. The van der Waals surface area contributed by atoms with Crippen LogP contribution in [0.3, 0.4) is 0 Å². The van der Waals surface area contributed by atoms with Crippen LogP contribution >= 0.6 is 0 Å². The van der Waals surface area contributed by atoms with Crippen LogP contribution in [-0.4, -0.2) is 12.5 Å². The smallest absolute Gasteiger partial charge is 0.223 e. The van der Waals surface area contributed by atoms with Gasteiger partial charge in [-0.2, -0.15) is 5.26 Å². The fraction of sp³-hybridized carbons (Fsp3) is 0.273. The third kappa shape index (κ3) is 1.16. The molecule has 0 radical (unpaired) electrons. The lowest BCUT2D eigenvalue weighted by atomic mass is 10.1. The van der Waals surface area contributed by atoms with Crippen molar-refractivity contribution in [1.82, 2.24) is 0 Å². The van der Waals surface area contributed by atoms with Crippen molar-refractivity contribution in [3.63, 3.8) is 0 Å². The van der Waals surface area contributed by atoms with Crippen molar-refractivity contribution in [1.29, 1.82) is 5.26 Å². The summed E-state index contributed by atoms with van der Waals surface area (Å²) < 4.78 is 0. The molecule has 0 spiro atoms. The van der Waals surface area contributed by atoms with Crippen LogP contribution in [0.1, 0.15) is 18.1 Å². The van der Waals surface area contributed by atoms with Crippen LogP contribution in [0.5, 0.6) is 0 Å². The molecule has 0 bridgehead atoms. The molecule has 0 saturated heterocycles. The van der Waals surface area contributed by atoms with Crippen molar-refractivity contribution < 1.29 is 4.79 Å². The Bertz CT molecular complexity index is 431. The van der Waals surface area contributed by atoms with E-state index >= 15 is 0 Å². The first-order chi connectivity index (χ1) is 6.74. The Labute approximate surface area is 82.6 Å². The van der Waals surface area contributed by atoms with Gasteiger partial charge in [-0.1, -0.05) is 12.1 Å². The largest absolute Gasteiger partial charge is 0.311 e. The molecular formula is C11H10N2O. The monoisotopic (exact) mass is 186 g/mol. The summed E-state index contributed by atoms with van der Waals surface area (Å²) in [5, 5.41) is 8.91. The molecule has 3 nitrogen and oxygen atoms in total. The number of nitrogens with zero attached hydrogens (tertiary/aromatic N) is 2. The first-order valence-electron chi connectivity index (χ1n) is 4.54. The molecule has 0 aliphatic carbocycles. The van der Waals surface area contributed by atoms with E-state index in [0.29, 0.717) is 12.1 Å². The fourth-order valence-electron chi connectivity index (χ4n) is 1.86. The van der Waals surface area contributed by atoms with Gasteiger partial charge < -0.3 is 4.90 Å². The second-order valence-electron chi connectivity index (χ2n) is 3.35. The summed E-state index contributed by atoms with van der Waals surface area (Å²) in [4.78, 5) is 13.0. The van der Waals surface area contributed by atoms with Gasteiger partial charge in [0.1, 0.15) is 6.07 Å². The minimum Gasteiger partial charge on any atom is -0.311 e. The molecular weight excluding hydrogens is 176 g/mol. The van der Waals surface area contributed by atoms with Crippen LogP contribution in [0, 0.1) is 11.3 Å². The van der Waals surface area contributed by atoms with Gasteiger partial charge in [-0.15, -0.1) is 0 Å². The Morgan fingerprint density at radius 1 is 1.57 bits per heavy atom. The molecule has 0 unspecified atom stereocenters. The number of carbonyl (C=O) groups excluding carboxylic acids is 1. The van der Waals surface area contributed by atoms with Crippen LogP contribution in [0.4, 0.5) is 5.69 Å². The van der Waals surface area contributed by atoms with E-state index in [4.69, 9.17) is 5.26 Å². The summed E-state index contributed by atoms with van der Waals surface area (Å²) in [7, 11) is 0. The molecule has 3 heteroatoms. The van der Waals surface area contributed by atoms with Crippen molar-refractivity contribution in [3.05, 3.63) is 29.3 Å². The van der Waals surface area contributed by atoms with Gasteiger partial charge in [-0.05, 0) is 18.1 Å². The third-order valence-corrected chi connectivity index (χ3v) is 2.49. The van der Waals surface area contributed by atoms with E-state index in [2.05, 4.69) is 6.07 Å². The molecule has 0 N–H and O–H groups in total. The second kappa shape index (κ2) is 3.15. The normalized spacial score (nSPS) is 13.6. The van der Waals surface area contributed by atoms with E-state index in [-0.39, 0.29) is 5.91 Å². The van der Waals surface area contributed by atoms with Crippen LogP contribution in [-0.2, 0) is 11.2 Å². The summed E-state index contributed by atoms with van der Waals surface area (Å²) in [5.41, 5.74) is 2.50. The lowest BCUT2D eigenvalue weighted by Crippen LogP contribution is -2.26. The van der Waals surface area contributed by atoms with Gasteiger partial charge in [-0.3, -0.25) is 4.79 Å². The number of para-hydroxylation sites is 1. The molecule has 2 rings (SSSR count). The average Bonchev–Trinajstić information content (AvgIpc) is 2.60. The molecule has 14 heavy (non-hydrogen) atoms. The van der Waals surface area contributed by atoms with Crippen molar-refractivity contribution in [2.24, 2.45) is 0 Å². The van der Waals surface area contributed by atoms with E-state index in [9.17, 15) is 4.79 Å². The number of nitriles is 1. The SMILES string of the molecule is CC(=O)N1CCc2cccc(C#N)c21. The molecule has 1 aliphatic rings. The highest BCUT2D eigenvalue weighted by atomic mass is 16.2. The standard InChI is InChI=1S/C11H10N2O/c1-8(14)13-6-5-9-3-2-4-10(7-12)11(9)13/h2-4H,5-6H2,1H3. The zero-order valence-electron chi connectivity index (χ0n) is 7.95. The summed E-state index contributed by atoms with van der Waals surface area (Å²) in [5.74, 6) is 0.00597. The highest BCUT2D eigenvalue weighted by Gasteiger charge is 2.24. The highest BCUT2D eigenvalue weighted by molar-refractivity contribution is 5.95. The summed E-state index contributed by atoms with van der Waals surface area (Å²) >= 11 is 0. The quantitative estimate of drug-likeness (QED) is 0.615. The molecule has 1 aliphatic heterocycles. The highest BCUT2D eigenvalue weighted by Crippen LogP contribution is 2.31. The minimum absolute atomic E-state index is 0.00597.